The summed E-state index contributed by atoms with van der Waals surface area (Å²) in [5.41, 5.74) is 2.48. The first-order valence-corrected chi connectivity index (χ1v) is 13.8. The molecule has 1 heteroatoms. The molecule has 0 N–H and O–H groups in total. The minimum Gasteiger partial charge on any atom is -0.205 e. The molecule has 180 valence electrons. The Morgan fingerprint density at radius 1 is 0.515 bits per heavy atom. The molecular formula is C32H48N+. The van der Waals surface area contributed by atoms with E-state index in [9.17, 15) is 0 Å². The van der Waals surface area contributed by atoms with Crippen LogP contribution in [0.25, 0.3) is 12.2 Å². The van der Waals surface area contributed by atoms with Crippen LogP contribution in [0, 0.1) is 0 Å². The zero-order valence-corrected chi connectivity index (χ0v) is 21.3. The lowest BCUT2D eigenvalue weighted by Crippen LogP contribution is -2.32. The number of unbranched alkanes of at least 4 members (excludes halogenated alkanes) is 14. The van der Waals surface area contributed by atoms with Crippen LogP contribution in [0.2, 0.25) is 0 Å². The zero-order valence-electron chi connectivity index (χ0n) is 21.3. The molecule has 0 saturated carbocycles. The number of nitrogens with zero attached hydrogens (tertiary/aromatic N) is 1. The van der Waals surface area contributed by atoms with Crippen molar-refractivity contribution in [2.24, 2.45) is 0 Å². The minimum atomic E-state index is 1.14. The van der Waals surface area contributed by atoms with Gasteiger partial charge in [-0.3, -0.25) is 0 Å². The van der Waals surface area contributed by atoms with Gasteiger partial charge in [0.2, 0.25) is 0 Å². The first-order chi connectivity index (χ1) is 16.4. The maximum atomic E-state index is 2.32. The van der Waals surface area contributed by atoms with Crippen molar-refractivity contribution >= 4 is 12.2 Å². The first kappa shape index (κ1) is 27.1. The molecule has 0 amide bonds. The number of hydrogen-bond acceptors (Lipinski definition) is 0. The average Bonchev–Trinajstić information content (AvgIpc) is 2.86. The van der Waals surface area contributed by atoms with Gasteiger partial charge in [-0.15, -0.1) is 0 Å². The van der Waals surface area contributed by atoms with Crippen LogP contribution < -0.4 is 4.57 Å². The van der Waals surface area contributed by atoms with Gasteiger partial charge in [0.15, 0.2) is 12.4 Å². The molecule has 0 saturated heterocycles. The van der Waals surface area contributed by atoms with Gasteiger partial charge in [-0.25, -0.2) is 4.57 Å². The summed E-state index contributed by atoms with van der Waals surface area (Å²) in [6.45, 7) is 3.43. The number of rotatable bonds is 19. The molecule has 2 rings (SSSR count). The SMILES string of the molecule is CCCCCCCCCCCCCCCCC[n+]1ccc(/C=C/C=C/c2ccccc2)cc1. The molecular weight excluding hydrogens is 398 g/mol. The second-order valence-electron chi connectivity index (χ2n) is 9.45. The summed E-state index contributed by atoms with van der Waals surface area (Å²) < 4.78 is 2.32. The van der Waals surface area contributed by atoms with Gasteiger partial charge in [-0.05, 0) is 17.5 Å². The molecule has 0 aliphatic heterocycles. The van der Waals surface area contributed by atoms with Crippen molar-refractivity contribution < 1.29 is 4.57 Å². The molecule has 1 aromatic heterocycles. The van der Waals surface area contributed by atoms with E-state index in [-0.39, 0.29) is 0 Å². The van der Waals surface area contributed by atoms with Crippen molar-refractivity contribution in [1.29, 1.82) is 0 Å². The molecule has 0 unspecified atom stereocenters. The summed E-state index contributed by atoms with van der Waals surface area (Å²) in [6, 6.07) is 14.8. The molecule has 1 nitrogen and oxygen atoms in total. The van der Waals surface area contributed by atoms with Crippen LogP contribution in [0.3, 0.4) is 0 Å². The Kier molecular flexibility index (Phi) is 15.9. The van der Waals surface area contributed by atoms with Gasteiger partial charge in [-0.2, -0.15) is 0 Å². The lowest BCUT2D eigenvalue weighted by Gasteiger charge is -2.03. The summed E-state index contributed by atoms with van der Waals surface area (Å²) in [7, 11) is 0. The monoisotopic (exact) mass is 446 g/mol. The van der Waals surface area contributed by atoms with Crippen LogP contribution in [0.5, 0.6) is 0 Å². The number of benzene rings is 1. The molecule has 0 radical (unpaired) electrons. The average molecular weight is 447 g/mol. The predicted molar refractivity (Wildman–Crippen MR) is 146 cm³/mol. The van der Waals surface area contributed by atoms with Crippen LogP contribution in [-0.4, -0.2) is 0 Å². The smallest absolute Gasteiger partial charge is 0.169 e. The first-order valence-electron chi connectivity index (χ1n) is 13.8. The Bertz CT molecular complexity index is 742. The fourth-order valence-corrected chi connectivity index (χ4v) is 4.29. The van der Waals surface area contributed by atoms with Gasteiger partial charge in [0.05, 0.1) is 0 Å². The van der Waals surface area contributed by atoms with Crippen molar-refractivity contribution in [1.82, 2.24) is 0 Å². The van der Waals surface area contributed by atoms with Gasteiger partial charge >= 0.3 is 0 Å². The number of aromatic nitrogens is 1. The number of pyridine rings is 1. The van der Waals surface area contributed by atoms with E-state index in [0.29, 0.717) is 0 Å². The molecule has 0 bridgehead atoms. The number of allylic oxidation sites excluding steroid dienone is 2. The molecule has 33 heavy (non-hydrogen) atoms. The summed E-state index contributed by atoms with van der Waals surface area (Å²) in [5.74, 6) is 0. The van der Waals surface area contributed by atoms with Gasteiger partial charge in [0.1, 0.15) is 6.54 Å². The maximum absolute atomic E-state index is 2.32. The molecule has 0 aliphatic carbocycles. The Balaban J connectivity index is 1.42. The summed E-state index contributed by atoms with van der Waals surface area (Å²) in [5, 5.41) is 0. The minimum absolute atomic E-state index is 1.14. The van der Waals surface area contributed by atoms with Gasteiger partial charge in [-0.1, -0.05) is 145 Å². The van der Waals surface area contributed by atoms with Crippen molar-refractivity contribution in [3.8, 4) is 0 Å². The highest BCUT2D eigenvalue weighted by Crippen LogP contribution is 2.13. The normalized spacial score (nSPS) is 11.7. The molecule has 1 aromatic carbocycles. The van der Waals surface area contributed by atoms with E-state index in [0.717, 1.165) is 6.54 Å². The van der Waals surface area contributed by atoms with Crippen molar-refractivity contribution in [2.75, 3.05) is 0 Å². The Labute approximate surface area is 204 Å². The molecule has 0 fully saturated rings. The van der Waals surface area contributed by atoms with E-state index in [4.69, 9.17) is 0 Å². The quantitative estimate of drug-likeness (QED) is 0.115. The predicted octanol–water partition coefficient (Wildman–Crippen LogP) is 9.57. The number of hydrogen-bond donors (Lipinski definition) is 0. The molecule has 0 spiro atoms. The van der Waals surface area contributed by atoms with E-state index in [2.05, 4.69) is 84.6 Å². The largest absolute Gasteiger partial charge is 0.205 e. The molecule has 0 atom stereocenters. The van der Waals surface area contributed by atoms with Crippen molar-refractivity contribution in [3.05, 3.63) is 78.1 Å². The second kappa shape index (κ2) is 19.3. The number of aryl methyl sites for hydroxylation is 1. The third kappa shape index (κ3) is 14.6. The van der Waals surface area contributed by atoms with E-state index >= 15 is 0 Å². The summed E-state index contributed by atoms with van der Waals surface area (Å²) in [6.07, 6.45) is 34.3. The Morgan fingerprint density at radius 2 is 0.939 bits per heavy atom. The van der Waals surface area contributed by atoms with E-state index < -0.39 is 0 Å². The third-order valence-corrected chi connectivity index (χ3v) is 6.42. The summed E-state index contributed by atoms with van der Waals surface area (Å²) in [4.78, 5) is 0. The van der Waals surface area contributed by atoms with Gasteiger partial charge in [0.25, 0.3) is 0 Å². The fraction of sp³-hybridized carbons (Fsp3) is 0.531. The topological polar surface area (TPSA) is 3.88 Å². The van der Waals surface area contributed by atoms with E-state index in [1.54, 1.807) is 0 Å². The molecule has 0 aliphatic rings. The maximum Gasteiger partial charge on any atom is 0.169 e. The highest BCUT2D eigenvalue weighted by Gasteiger charge is 2.00. The standard InChI is InChI=1S/C32H48N/c1-2-3-4-5-6-7-8-9-10-11-12-13-14-15-21-28-33-29-26-32(27-30-33)25-20-19-24-31-22-17-16-18-23-31/h16-20,22-27,29-30H,2-15,21,28H2,1H3/q+1/b24-19+,25-20+. The van der Waals surface area contributed by atoms with Gasteiger partial charge in [0, 0.05) is 18.6 Å². The zero-order chi connectivity index (χ0) is 23.2. The van der Waals surface area contributed by atoms with E-state index in [1.807, 2.05) is 6.07 Å². The lowest BCUT2D eigenvalue weighted by atomic mass is 10.0. The van der Waals surface area contributed by atoms with Crippen LogP contribution in [0.4, 0.5) is 0 Å². The second-order valence-corrected chi connectivity index (χ2v) is 9.45. The van der Waals surface area contributed by atoms with E-state index in [1.165, 1.54) is 107 Å². The molecule has 2 aromatic rings. The Morgan fingerprint density at radius 3 is 1.42 bits per heavy atom. The van der Waals surface area contributed by atoms with Crippen molar-refractivity contribution in [3.63, 3.8) is 0 Å². The summed E-state index contributed by atoms with van der Waals surface area (Å²) >= 11 is 0. The van der Waals surface area contributed by atoms with Crippen LogP contribution in [-0.2, 0) is 6.54 Å². The van der Waals surface area contributed by atoms with Crippen LogP contribution in [0.15, 0.2) is 67.0 Å². The lowest BCUT2D eigenvalue weighted by molar-refractivity contribution is -0.697. The van der Waals surface area contributed by atoms with Gasteiger partial charge < -0.3 is 0 Å². The van der Waals surface area contributed by atoms with Crippen molar-refractivity contribution in [2.45, 2.75) is 110 Å². The Hall–Kier alpha value is -2.15. The fourth-order valence-electron chi connectivity index (χ4n) is 4.29. The molecule has 1 heterocycles. The third-order valence-electron chi connectivity index (χ3n) is 6.42. The highest BCUT2D eigenvalue weighted by molar-refractivity contribution is 5.56. The van der Waals surface area contributed by atoms with Crippen LogP contribution in [0.1, 0.15) is 114 Å². The van der Waals surface area contributed by atoms with Crippen LogP contribution >= 0.6 is 0 Å². The highest BCUT2D eigenvalue weighted by atomic mass is 14.9.